The number of hydrogen-bond donors (Lipinski definition) is 2. The van der Waals surface area contributed by atoms with Gasteiger partial charge in [0, 0.05) is 30.2 Å². The van der Waals surface area contributed by atoms with Gasteiger partial charge in [0.05, 0.1) is 24.3 Å². The molecule has 0 saturated carbocycles. The first kappa shape index (κ1) is 19.4. The topological polar surface area (TPSA) is 60.6 Å². The summed E-state index contributed by atoms with van der Waals surface area (Å²) < 4.78 is 0. The van der Waals surface area contributed by atoms with Crippen LogP contribution >= 0.6 is 0 Å². The summed E-state index contributed by atoms with van der Waals surface area (Å²) in [6.45, 7) is 6.18. The highest BCUT2D eigenvalue weighted by Gasteiger charge is 2.16. The van der Waals surface area contributed by atoms with Crippen LogP contribution in [0.5, 0.6) is 0 Å². The Morgan fingerprint density at radius 3 is 2.55 bits per heavy atom. The fourth-order valence-electron chi connectivity index (χ4n) is 4.04. The lowest BCUT2D eigenvalue weighted by atomic mass is 9.99. The average Bonchev–Trinajstić information content (AvgIpc) is 3.45. The van der Waals surface area contributed by atoms with Crippen molar-refractivity contribution in [2.75, 3.05) is 6.54 Å². The summed E-state index contributed by atoms with van der Waals surface area (Å²) in [4.78, 5) is 17.9. The zero-order valence-electron chi connectivity index (χ0n) is 18.0. The molecule has 0 amide bonds. The van der Waals surface area contributed by atoms with Crippen molar-refractivity contribution in [2.45, 2.75) is 33.2 Å². The summed E-state index contributed by atoms with van der Waals surface area (Å²) in [6.07, 6.45) is 10.0. The zero-order valence-corrected chi connectivity index (χ0v) is 18.0. The third kappa shape index (κ3) is 4.17. The van der Waals surface area contributed by atoms with Crippen molar-refractivity contribution in [3.8, 4) is 22.5 Å². The second-order valence-electron chi connectivity index (χ2n) is 8.29. The van der Waals surface area contributed by atoms with Gasteiger partial charge in [-0.15, -0.1) is 0 Å². The SMILES string of the molecule is Cc1ccc(-c2ccc(-c3nc4c([nH]3)CN(CCCc3cnc[nH]3)C=C4)cc2)cc1C. The predicted octanol–water partition coefficient (Wildman–Crippen LogP) is 5.50. The van der Waals surface area contributed by atoms with Crippen molar-refractivity contribution in [3.63, 3.8) is 0 Å². The maximum Gasteiger partial charge on any atom is 0.138 e. The Hall–Kier alpha value is -3.60. The summed E-state index contributed by atoms with van der Waals surface area (Å²) in [5.74, 6) is 0.931. The minimum atomic E-state index is 0.864. The molecule has 2 aromatic carbocycles. The van der Waals surface area contributed by atoms with Crippen LogP contribution in [0.1, 0.15) is 34.6 Å². The number of H-pyrrole nitrogens is 2. The van der Waals surface area contributed by atoms with E-state index in [1.807, 2.05) is 6.20 Å². The first-order chi connectivity index (χ1) is 15.2. The van der Waals surface area contributed by atoms with Gasteiger partial charge in [0.15, 0.2) is 0 Å². The smallest absolute Gasteiger partial charge is 0.138 e. The molecule has 0 aliphatic carbocycles. The van der Waals surface area contributed by atoms with Gasteiger partial charge in [-0.3, -0.25) is 0 Å². The number of nitrogens with zero attached hydrogens (tertiary/aromatic N) is 3. The summed E-state index contributed by atoms with van der Waals surface area (Å²) in [6, 6.07) is 15.3. The number of aromatic amines is 2. The number of nitrogens with one attached hydrogen (secondary N) is 2. The lowest BCUT2D eigenvalue weighted by Crippen LogP contribution is -2.21. The van der Waals surface area contributed by atoms with E-state index in [4.69, 9.17) is 4.98 Å². The molecule has 31 heavy (non-hydrogen) atoms. The summed E-state index contributed by atoms with van der Waals surface area (Å²) >= 11 is 0. The fourth-order valence-corrected chi connectivity index (χ4v) is 4.04. The van der Waals surface area contributed by atoms with Crippen LogP contribution < -0.4 is 0 Å². The van der Waals surface area contributed by atoms with E-state index in [-0.39, 0.29) is 0 Å². The molecule has 1 aliphatic heterocycles. The van der Waals surface area contributed by atoms with Crippen LogP contribution in [-0.4, -0.2) is 31.4 Å². The van der Waals surface area contributed by atoms with Gasteiger partial charge in [0.2, 0.25) is 0 Å². The minimum Gasteiger partial charge on any atom is -0.371 e. The maximum absolute atomic E-state index is 4.82. The number of benzene rings is 2. The molecule has 0 radical (unpaired) electrons. The third-order valence-corrected chi connectivity index (χ3v) is 6.06. The summed E-state index contributed by atoms with van der Waals surface area (Å²) in [5.41, 5.74) is 9.64. The molecular weight excluding hydrogens is 382 g/mol. The third-order valence-electron chi connectivity index (χ3n) is 6.06. The van der Waals surface area contributed by atoms with E-state index in [9.17, 15) is 0 Å². The van der Waals surface area contributed by atoms with E-state index in [1.54, 1.807) is 6.33 Å². The minimum absolute atomic E-state index is 0.864. The first-order valence-corrected chi connectivity index (χ1v) is 10.8. The van der Waals surface area contributed by atoms with Gasteiger partial charge in [-0.2, -0.15) is 0 Å². The largest absolute Gasteiger partial charge is 0.371 e. The Kier molecular flexibility index (Phi) is 5.16. The lowest BCUT2D eigenvalue weighted by molar-refractivity contribution is 0.356. The number of fused-ring (bicyclic) bond motifs is 1. The normalized spacial score (nSPS) is 12.9. The number of hydrogen-bond acceptors (Lipinski definition) is 3. The Morgan fingerprint density at radius 2 is 1.77 bits per heavy atom. The van der Waals surface area contributed by atoms with Gasteiger partial charge in [0.25, 0.3) is 0 Å². The van der Waals surface area contributed by atoms with Crippen molar-refractivity contribution in [1.82, 2.24) is 24.8 Å². The van der Waals surface area contributed by atoms with Crippen molar-refractivity contribution in [1.29, 1.82) is 0 Å². The van der Waals surface area contributed by atoms with Gasteiger partial charge >= 0.3 is 0 Å². The molecular formula is C26H27N5. The molecule has 5 heteroatoms. The van der Waals surface area contributed by atoms with E-state index < -0.39 is 0 Å². The molecule has 0 fully saturated rings. The number of rotatable bonds is 6. The van der Waals surface area contributed by atoms with Gasteiger partial charge < -0.3 is 14.9 Å². The summed E-state index contributed by atoms with van der Waals surface area (Å²) in [5, 5.41) is 0. The number of aryl methyl sites for hydroxylation is 3. The molecule has 156 valence electrons. The molecule has 0 atom stereocenters. The highest BCUT2D eigenvalue weighted by atomic mass is 15.1. The molecule has 2 N–H and O–H groups in total. The van der Waals surface area contributed by atoms with Gasteiger partial charge in [-0.05, 0) is 55.0 Å². The molecule has 0 spiro atoms. The van der Waals surface area contributed by atoms with Gasteiger partial charge in [-0.1, -0.05) is 42.5 Å². The van der Waals surface area contributed by atoms with Crippen molar-refractivity contribution in [3.05, 3.63) is 89.4 Å². The Labute approximate surface area is 182 Å². The van der Waals surface area contributed by atoms with Crippen molar-refractivity contribution in [2.24, 2.45) is 0 Å². The van der Waals surface area contributed by atoms with Crippen LogP contribution in [0.15, 0.2) is 61.2 Å². The van der Waals surface area contributed by atoms with Crippen LogP contribution in [-0.2, 0) is 13.0 Å². The van der Waals surface area contributed by atoms with Crippen LogP contribution in [0.4, 0.5) is 0 Å². The van der Waals surface area contributed by atoms with E-state index in [1.165, 1.54) is 33.6 Å². The first-order valence-electron chi connectivity index (χ1n) is 10.8. The number of imidazole rings is 2. The van der Waals surface area contributed by atoms with Gasteiger partial charge in [-0.25, -0.2) is 9.97 Å². The van der Waals surface area contributed by atoms with E-state index in [2.05, 4.69) is 88.4 Å². The highest BCUT2D eigenvalue weighted by molar-refractivity contribution is 5.69. The monoisotopic (exact) mass is 409 g/mol. The molecule has 2 aromatic heterocycles. The maximum atomic E-state index is 4.82. The molecule has 4 aromatic rings. The van der Waals surface area contributed by atoms with Crippen LogP contribution in [0, 0.1) is 13.8 Å². The molecule has 5 nitrogen and oxygen atoms in total. The standard InChI is InChI=1S/C26H27N5/c1-18-5-6-22(14-19(18)2)20-7-9-21(10-8-20)26-29-24-11-13-31(16-25(24)30-26)12-3-4-23-15-27-17-28-23/h5-11,13-15,17H,3-4,12,16H2,1-2H3,(H,27,28)(H,29,30). The predicted molar refractivity (Wildman–Crippen MR) is 125 cm³/mol. The molecule has 0 saturated heterocycles. The van der Waals surface area contributed by atoms with E-state index >= 15 is 0 Å². The second kappa shape index (κ2) is 8.26. The quantitative estimate of drug-likeness (QED) is 0.442. The Morgan fingerprint density at radius 1 is 0.968 bits per heavy atom. The molecule has 0 unspecified atom stereocenters. The molecule has 0 bridgehead atoms. The van der Waals surface area contributed by atoms with E-state index in [0.717, 1.165) is 43.0 Å². The van der Waals surface area contributed by atoms with Crippen LogP contribution in [0.2, 0.25) is 0 Å². The average molecular weight is 410 g/mol. The highest BCUT2D eigenvalue weighted by Crippen LogP contribution is 2.27. The summed E-state index contributed by atoms with van der Waals surface area (Å²) in [7, 11) is 0. The molecule has 5 rings (SSSR count). The second-order valence-corrected chi connectivity index (χ2v) is 8.29. The van der Waals surface area contributed by atoms with Gasteiger partial charge in [0.1, 0.15) is 5.82 Å². The molecule has 3 heterocycles. The van der Waals surface area contributed by atoms with Crippen LogP contribution in [0.3, 0.4) is 0 Å². The van der Waals surface area contributed by atoms with Crippen molar-refractivity contribution < 1.29 is 0 Å². The Bertz CT molecular complexity index is 1200. The lowest BCUT2D eigenvalue weighted by Gasteiger charge is -2.22. The van der Waals surface area contributed by atoms with Crippen molar-refractivity contribution >= 4 is 6.08 Å². The molecule has 1 aliphatic rings. The number of aromatic nitrogens is 4. The van der Waals surface area contributed by atoms with E-state index in [0.29, 0.717) is 0 Å². The van der Waals surface area contributed by atoms with Crippen LogP contribution in [0.25, 0.3) is 28.6 Å². The fraction of sp³-hybridized carbons (Fsp3) is 0.231. The zero-order chi connectivity index (χ0) is 21.2. The Balaban J connectivity index is 1.26.